The third-order valence-corrected chi connectivity index (χ3v) is 3.77. The summed E-state index contributed by atoms with van der Waals surface area (Å²) in [5, 5.41) is 18.2. The molecule has 0 saturated carbocycles. The summed E-state index contributed by atoms with van der Waals surface area (Å²) in [5.41, 5.74) is 0.725. The van der Waals surface area contributed by atoms with E-state index < -0.39 is 0 Å². The first-order chi connectivity index (χ1) is 11.7. The van der Waals surface area contributed by atoms with Gasteiger partial charge in [0.25, 0.3) is 5.91 Å². The Hall–Kier alpha value is -2.56. The second-order valence-corrected chi connectivity index (χ2v) is 5.36. The van der Waals surface area contributed by atoms with Gasteiger partial charge >= 0.3 is 0 Å². The number of hydrogen-bond acceptors (Lipinski definition) is 6. The van der Waals surface area contributed by atoms with E-state index in [1.54, 1.807) is 13.2 Å². The lowest BCUT2D eigenvalue weighted by Gasteiger charge is -2.27. The molecule has 3 N–H and O–H groups in total. The number of benzene rings is 1. The van der Waals surface area contributed by atoms with Crippen LogP contribution in [0, 0.1) is 11.3 Å². The molecule has 1 fully saturated rings. The highest BCUT2D eigenvalue weighted by molar-refractivity contribution is 5.97. The van der Waals surface area contributed by atoms with Crippen LogP contribution in [0.4, 0.5) is 5.69 Å². The van der Waals surface area contributed by atoms with Crippen LogP contribution in [0.5, 0.6) is 5.75 Å². The molecule has 1 amide bonds. The molecular formula is C17H23N5O2. The zero-order valence-corrected chi connectivity index (χ0v) is 13.8. The van der Waals surface area contributed by atoms with Crippen molar-refractivity contribution < 1.29 is 9.53 Å². The third kappa shape index (κ3) is 5.26. The van der Waals surface area contributed by atoms with Crippen LogP contribution in [0.3, 0.4) is 0 Å². The molecule has 0 spiro atoms. The van der Waals surface area contributed by atoms with E-state index in [4.69, 9.17) is 4.74 Å². The number of anilines is 1. The normalized spacial score (nSPS) is 15.4. The molecule has 2 rings (SSSR count). The number of nitriles is 1. The van der Waals surface area contributed by atoms with Crippen molar-refractivity contribution in [1.82, 2.24) is 15.5 Å². The fourth-order valence-corrected chi connectivity index (χ4v) is 2.42. The summed E-state index contributed by atoms with van der Waals surface area (Å²) in [6.07, 6.45) is 1.40. The summed E-state index contributed by atoms with van der Waals surface area (Å²) in [6.45, 7) is 5.21. The van der Waals surface area contributed by atoms with E-state index in [0.717, 1.165) is 32.7 Å². The van der Waals surface area contributed by atoms with Crippen molar-refractivity contribution in [2.45, 2.75) is 0 Å². The zero-order valence-electron chi connectivity index (χ0n) is 13.8. The van der Waals surface area contributed by atoms with E-state index in [2.05, 4.69) is 20.9 Å². The molecule has 1 aliphatic heterocycles. The molecular weight excluding hydrogens is 306 g/mol. The van der Waals surface area contributed by atoms with Gasteiger partial charge in [-0.3, -0.25) is 9.69 Å². The smallest absolute Gasteiger partial charge is 0.263 e. The largest absolute Gasteiger partial charge is 0.495 e. The minimum atomic E-state index is -0.380. The number of piperazine rings is 1. The molecule has 1 aromatic carbocycles. The fraction of sp³-hybridized carbons (Fsp3) is 0.412. The molecule has 24 heavy (non-hydrogen) atoms. The van der Waals surface area contributed by atoms with Gasteiger partial charge in [0.2, 0.25) is 0 Å². The van der Waals surface area contributed by atoms with Gasteiger partial charge in [-0.15, -0.1) is 0 Å². The second kappa shape index (κ2) is 9.55. The van der Waals surface area contributed by atoms with Crippen molar-refractivity contribution in [2.75, 3.05) is 51.7 Å². The number of amides is 1. The quantitative estimate of drug-likeness (QED) is 0.500. The van der Waals surface area contributed by atoms with Crippen LogP contribution in [-0.4, -0.2) is 57.2 Å². The zero-order chi connectivity index (χ0) is 17.2. The lowest BCUT2D eigenvalue weighted by Crippen LogP contribution is -2.46. The van der Waals surface area contributed by atoms with E-state index in [1.807, 2.05) is 24.3 Å². The highest BCUT2D eigenvalue weighted by atomic mass is 16.5. The number of nitrogens with zero attached hydrogens (tertiary/aromatic N) is 2. The number of methoxy groups -OCH3 is 1. The summed E-state index contributed by atoms with van der Waals surface area (Å²) in [4.78, 5) is 14.4. The summed E-state index contributed by atoms with van der Waals surface area (Å²) in [6, 6.07) is 9.23. The molecule has 7 nitrogen and oxygen atoms in total. The molecule has 128 valence electrons. The van der Waals surface area contributed by atoms with Gasteiger partial charge in [-0.05, 0) is 12.1 Å². The first-order valence-electron chi connectivity index (χ1n) is 7.95. The van der Waals surface area contributed by atoms with Gasteiger partial charge in [-0.25, -0.2) is 0 Å². The Balaban J connectivity index is 1.85. The van der Waals surface area contributed by atoms with E-state index in [9.17, 15) is 10.1 Å². The van der Waals surface area contributed by atoms with Crippen molar-refractivity contribution in [3.8, 4) is 11.8 Å². The number of carbonyl (C=O) groups is 1. The number of hydrogen-bond donors (Lipinski definition) is 3. The van der Waals surface area contributed by atoms with Crippen molar-refractivity contribution in [3.63, 3.8) is 0 Å². The van der Waals surface area contributed by atoms with Crippen LogP contribution in [0.25, 0.3) is 0 Å². The Morgan fingerprint density at radius 1 is 1.42 bits per heavy atom. The molecule has 1 saturated heterocycles. The highest BCUT2D eigenvalue weighted by Crippen LogP contribution is 2.23. The van der Waals surface area contributed by atoms with Crippen LogP contribution < -0.4 is 20.7 Å². The van der Waals surface area contributed by atoms with Crippen LogP contribution in [0.2, 0.25) is 0 Å². The lowest BCUT2D eigenvalue weighted by molar-refractivity contribution is -0.117. The number of rotatable bonds is 7. The molecule has 1 aromatic rings. The Morgan fingerprint density at radius 2 is 2.17 bits per heavy atom. The van der Waals surface area contributed by atoms with Gasteiger partial charge < -0.3 is 20.7 Å². The van der Waals surface area contributed by atoms with Gasteiger partial charge in [0.15, 0.2) is 0 Å². The predicted molar refractivity (Wildman–Crippen MR) is 92.6 cm³/mol. The molecule has 0 aliphatic carbocycles. The maximum Gasteiger partial charge on any atom is 0.263 e. The van der Waals surface area contributed by atoms with Gasteiger partial charge in [0, 0.05) is 45.5 Å². The Labute approximate surface area is 142 Å². The van der Waals surface area contributed by atoms with Gasteiger partial charge in [-0.1, -0.05) is 12.1 Å². The first-order valence-corrected chi connectivity index (χ1v) is 7.95. The minimum Gasteiger partial charge on any atom is -0.495 e. The Bertz CT molecular complexity index is 618. The van der Waals surface area contributed by atoms with Crippen molar-refractivity contribution in [3.05, 3.63) is 36.0 Å². The first kappa shape index (κ1) is 17.8. The van der Waals surface area contributed by atoms with Crippen molar-refractivity contribution in [2.24, 2.45) is 0 Å². The van der Waals surface area contributed by atoms with Crippen molar-refractivity contribution in [1.29, 1.82) is 5.26 Å². The summed E-state index contributed by atoms with van der Waals surface area (Å²) >= 11 is 0. The van der Waals surface area contributed by atoms with E-state index >= 15 is 0 Å². The molecule has 1 aliphatic rings. The second-order valence-electron chi connectivity index (χ2n) is 5.36. The number of ether oxygens (including phenoxy) is 1. The van der Waals surface area contributed by atoms with Crippen LogP contribution in [-0.2, 0) is 4.79 Å². The van der Waals surface area contributed by atoms with Crippen LogP contribution >= 0.6 is 0 Å². The van der Waals surface area contributed by atoms with E-state index in [-0.39, 0.29) is 11.5 Å². The fourth-order valence-electron chi connectivity index (χ4n) is 2.42. The SMILES string of the molecule is COc1ccccc1N/C=C(/C#N)C(=O)NCCN1CCNCC1. The van der Waals surface area contributed by atoms with Crippen LogP contribution in [0.15, 0.2) is 36.0 Å². The molecule has 0 bridgehead atoms. The van der Waals surface area contributed by atoms with E-state index in [1.165, 1.54) is 6.20 Å². The third-order valence-electron chi connectivity index (χ3n) is 3.77. The Kier molecular flexibility index (Phi) is 7.08. The Morgan fingerprint density at radius 3 is 2.88 bits per heavy atom. The molecule has 0 atom stereocenters. The molecule has 0 radical (unpaired) electrons. The maximum atomic E-state index is 12.1. The van der Waals surface area contributed by atoms with E-state index in [0.29, 0.717) is 18.0 Å². The van der Waals surface area contributed by atoms with Crippen LogP contribution in [0.1, 0.15) is 0 Å². The van der Waals surface area contributed by atoms with Crippen molar-refractivity contribution >= 4 is 11.6 Å². The van der Waals surface area contributed by atoms with Gasteiger partial charge in [0.05, 0.1) is 12.8 Å². The molecule has 0 unspecified atom stereocenters. The minimum absolute atomic E-state index is 0.0289. The monoisotopic (exact) mass is 329 g/mol. The summed E-state index contributed by atoms with van der Waals surface area (Å²) in [7, 11) is 1.57. The molecule has 0 aromatic heterocycles. The summed E-state index contributed by atoms with van der Waals surface area (Å²) in [5.74, 6) is 0.264. The molecule has 1 heterocycles. The number of para-hydroxylation sites is 2. The topological polar surface area (TPSA) is 89.4 Å². The predicted octanol–water partition coefficient (Wildman–Crippen LogP) is 0.536. The lowest BCUT2D eigenvalue weighted by atomic mass is 10.2. The average Bonchev–Trinajstić information content (AvgIpc) is 2.63. The summed E-state index contributed by atoms with van der Waals surface area (Å²) < 4.78 is 5.22. The number of nitrogens with one attached hydrogen (secondary N) is 3. The maximum absolute atomic E-state index is 12.1. The number of carbonyl (C=O) groups excluding carboxylic acids is 1. The highest BCUT2D eigenvalue weighted by Gasteiger charge is 2.12. The molecule has 7 heteroatoms. The van der Waals surface area contributed by atoms with Gasteiger partial charge in [-0.2, -0.15) is 5.26 Å². The van der Waals surface area contributed by atoms with Gasteiger partial charge in [0.1, 0.15) is 17.4 Å². The average molecular weight is 329 g/mol. The standard InChI is InChI=1S/C17H23N5O2/c1-24-16-5-3-2-4-15(16)21-13-14(12-18)17(23)20-8-11-22-9-6-19-7-10-22/h2-5,13,19,21H,6-11H2,1H3,(H,20,23)/b14-13-.